The Morgan fingerprint density at radius 1 is 1.26 bits per heavy atom. The van der Waals surface area contributed by atoms with Gasteiger partial charge in [-0.2, -0.15) is 5.10 Å². The quantitative estimate of drug-likeness (QED) is 0.569. The van der Waals surface area contributed by atoms with Crippen LogP contribution < -0.4 is 5.32 Å². The highest BCUT2D eigenvalue weighted by Gasteiger charge is 2.19. The van der Waals surface area contributed by atoms with Gasteiger partial charge in [0.1, 0.15) is 10.8 Å². The summed E-state index contributed by atoms with van der Waals surface area (Å²) in [7, 11) is 0. The predicted octanol–water partition coefficient (Wildman–Crippen LogP) is 3.90. The predicted molar refractivity (Wildman–Crippen MR) is 101 cm³/mol. The first-order valence-corrected chi connectivity index (χ1v) is 9.33. The van der Waals surface area contributed by atoms with E-state index in [1.165, 1.54) is 29.7 Å². The van der Waals surface area contributed by atoms with Gasteiger partial charge in [0.25, 0.3) is 5.91 Å². The van der Waals surface area contributed by atoms with E-state index in [4.69, 9.17) is 0 Å². The summed E-state index contributed by atoms with van der Waals surface area (Å²) in [4.78, 5) is 21.3. The Balaban J connectivity index is 1.68. The van der Waals surface area contributed by atoms with E-state index in [0.717, 1.165) is 11.4 Å². The van der Waals surface area contributed by atoms with Crippen LogP contribution >= 0.6 is 11.3 Å². The molecule has 0 bridgehead atoms. The van der Waals surface area contributed by atoms with Crippen LogP contribution in [0.15, 0.2) is 54.4 Å². The highest BCUT2D eigenvalue weighted by Crippen LogP contribution is 2.23. The number of nitrogens with one attached hydrogen (secondary N) is 1. The second-order valence-corrected chi connectivity index (χ2v) is 6.88. The minimum atomic E-state index is -0.318. The molecule has 0 spiro atoms. The van der Waals surface area contributed by atoms with E-state index in [-0.39, 0.29) is 17.8 Å². The van der Waals surface area contributed by atoms with Crippen LogP contribution in [0.25, 0.3) is 16.6 Å². The number of thiazole rings is 1. The normalized spacial score (nSPS) is 12.2. The molecular weight excluding hydrogens is 365 g/mol. The van der Waals surface area contributed by atoms with Gasteiger partial charge in [0, 0.05) is 23.2 Å². The lowest BCUT2D eigenvalue weighted by atomic mass is 10.1. The van der Waals surface area contributed by atoms with Gasteiger partial charge in [-0.25, -0.2) is 14.1 Å². The van der Waals surface area contributed by atoms with Crippen LogP contribution in [0.2, 0.25) is 0 Å². The number of nitrogens with zero attached hydrogens (tertiary/aromatic N) is 4. The smallest absolute Gasteiger partial charge is 0.254 e. The van der Waals surface area contributed by atoms with Crippen LogP contribution in [0.4, 0.5) is 4.39 Å². The second kappa shape index (κ2) is 7.24. The van der Waals surface area contributed by atoms with Crippen LogP contribution in [0.5, 0.6) is 0 Å². The maximum Gasteiger partial charge on any atom is 0.254 e. The number of benzene rings is 1. The molecule has 4 rings (SSSR count). The maximum atomic E-state index is 13.2. The van der Waals surface area contributed by atoms with E-state index in [1.54, 1.807) is 35.4 Å². The van der Waals surface area contributed by atoms with E-state index < -0.39 is 0 Å². The lowest BCUT2D eigenvalue weighted by Gasteiger charge is -2.14. The third-order valence-corrected chi connectivity index (χ3v) is 5.17. The molecule has 6 nitrogen and oxygen atoms in total. The van der Waals surface area contributed by atoms with Gasteiger partial charge < -0.3 is 5.32 Å². The van der Waals surface area contributed by atoms with Crippen molar-refractivity contribution in [3.63, 3.8) is 0 Å². The molecule has 4 aromatic rings. The Labute approximate surface area is 158 Å². The van der Waals surface area contributed by atoms with Crippen molar-refractivity contribution in [3.05, 3.63) is 70.8 Å². The zero-order chi connectivity index (χ0) is 18.8. The summed E-state index contributed by atoms with van der Waals surface area (Å²) < 4.78 is 14.8. The molecule has 0 radical (unpaired) electrons. The summed E-state index contributed by atoms with van der Waals surface area (Å²) in [5.74, 6) is -0.546. The van der Waals surface area contributed by atoms with E-state index in [1.807, 2.05) is 12.3 Å². The third kappa shape index (κ3) is 3.31. The molecule has 136 valence electrons. The van der Waals surface area contributed by atoms with Crippen LogP contribution in [-0.4, -0.2) is 25.7 Å². The summed E-state index contributed by atoms with van der Waals surface area (Å²) in [6.07, 6.45) is 7.25. The molecule has 1 atom stereocenters. The van der Waals surface area contributed by atoms with Crippen LogP contribution in [0, 0.1) is 5.82 Å². The molecule has 0 aliphatic carbocycles. The number of pyridine rings is 1. The van der Waals surface area contributed by atoms with Crippen molar-refractivity contribution in [1.29, 1.82) is 0 Å². The highest BCUT2D eigenvalue weighted by atomic mass is 32.1. The van der Waals surface area contributed by atoms with Crippen LogP contribution in [0.3, 0.4) is 0 Å². The molecule has 0 unspecified atom stereocenters. The molecule has 27 heavy (non-hydrogen) atoms. The Kier molecular flexibility index (Phi) is 4.64. The highest BCUT2D eigenvalue weighted by molar-refractivity contribution is 7.09. The zero-order valence-electron chi connectivity index (χ0n) is 14.5. The lowest BCUT2D eigenvalue weighted by Crippen LogP contribution is -2.28. The fourth-order valence-electron chi connectivity index (χ4n) is 2.89. The number of carbonyl (C=O) groups excluding carboxylic acids is 1. The van der Waals surface area contributed by atoms with Crippen molar-refractivity contribution in [2.45, 2.75) is 19.4 Å². The molecule has 3 heterocycles. The minimum absolute atomic E-state index is 0.153. The first kappa shape index (κ1) is 17.3. The fraction of sp³-hybridized carbons (Fsp3) is 0.158. The maximum absolute atomic E-state index is 13.2. The number of rotatable bonds is 5. The van der Waals surface area contributed by atoms with E-state index in [0.29, 0.717) is 22.2 Å². The Hall–Kier alpha value is -3.13. The van der Waals surface area contributed by atoms with Gasteiger partial charge in [-0.15, -0.1) is 11.3 Å². The molecule has 0 saturated carbocycles. The van der Waals surface area contributed by atoms with Crippen LogP contribution in [0.1, 0.15) is 34.8 Å². The molecule has 3 aromatic heterocycles. The summed E-state index contributed by atoms with van der Waals surface area (Å²) in [6, 6.07) is 5.84. The molecule has 0 saturated heterocycles. The van der Waals surface area contributed by atoms with Gasteiger partial charge in [0.15, 0.2) is 0 Å². The van der Waals surface area contributed by atoms with Crippen molar-refractivity contribution in [3.8, 4) is 5.69 Å². The summed E-state index contributed by atoms with van der Waals surface area (Å²) in [5.41, 5.74) is 1.81. The summed E-state index contributed by atoms with van der Waals surface area (Å²) in [5, 5.41) is 10.8. The molecule has 8 heteroatoms. The SMILES string of the molecule is CC[C@H](NC(=O)c1cncc2c1cnn2-c1ccc(F)cc1)c1nccs1. The molecular formula is C19H16FN5OS. The zero-order valence-corrected chi connectivity index (χ0v) is 15.3. The van der Waals surface area contributed by atoms with Gasteiger partial charge >= 0.3 is 0 Å². The Morgan fingerprint density at radius 3 is 2.78 bits per heavy atom. The first-order valence-electron chi connectivity index (χ1n) is 8.45. The Morgan fingerprint density at radius 2 is 2.07 bits per heavy atom. The number of hydrogen-bond donors (Lipinski definition) is 1. The summed E-state index contributed by atoms with van der Waals surface area (Å²) in [6.45, 7) is 2.00. The van der Waals surface area contributed by atoms with Crippen molar-refractivity contribution >= 4 is 28.1 Å². The number of fused-ring (bicyclic) bond motifs is 1. The molecule has 0 aliphatic rings. The van der Waals surface area contributed by atoms with Crippen molar-refractivity contribution in [1.82, 2.24) is 25.1 Å². The standard InChI is InChI=1S/C19H16FN5OS/c1-2-16(19-22-7-8-27-19)24-18(26)15-9-21-11-17-14(15)10-23-25(17)13-5-3-12(20)4-6-13/h3-11,16H,2H2,1H3,(H,24,26)/t16-/m0/s1. The van der Waals surface area contributed by atoms with E-state index in [9.17, 15) is 9.18 Å². The first-order chi connectivity index (χ1) is 13.2. The lowest BCUT2D eigenvalue weighted by molar-refractivity contribution is 0.0937. The number of amides is 1. The minimum Gasteiger partial charge on any atom is -0.343 e. The molecule has 1 aromatic carbocycles. The number of carbonyl (C=O) groups is 1. The molecule has 1 N–H and O–H groups in total. The van der Waals surface area contributed by atoms with Gasteiger partial charge in [-0.3, -0.25) is 9.78 Å². The van der Waals surface area contributed by atoms with E-state index in [2.05, 4.69) is 20.4 Å². The molecule has 0 aliphatic heterocycles. The van der Waals surface area contributed by atoms with Gasteiger partial charge in [-0.05, 0) is 30.7 Å². The second-order valence-electron chi connectivity index (χ2n) is 5.96. The van der Waals surface area contributed by atoms with Crippen LogP contribution in [-0.2, 0) is 0 Å². The molecule has 1 amide bonds. The Bertz CT molecular complexity index is 1080. The average Bonchev–Trinajstić information content (AvgIpc) is 3.36. The number of halogens is 1. The van der Waals surface area contributed by atoms with E-state index >= 15 is 0 Å². The fourth-order valence-corrected chi connectivity index (χ4v) is 3.66. The summed E-state index contributed by atoms with van der Waals surface area (Å²) >= 11 is 1.51. The third-order valence-electron chi connectivity index (χ3n) is 4.28. The number of hydrogen-bond acceptors (Lipinski definition) is 5. The topological polar surface area (TPSA) is 72.7 Å². The van der Waals surface area contributed by atoms with Crippen molar-refractivity contribution in [2.75, 3.05) is 0 Å². The van der Waals surface area contributed by atoms with Gasteiger partial charge in [-0.1, -0.05) is 6.92 Å². The molecule has 0 fully saturated rings. The number of aromatic nitrogens is 4. The van der Waals surface area contributed by atoms with Gasteiger partial charge in [0.2, 0.25) is 0 Å². The average molecular weight is 381 g/mol. The monoisotopic (exact) mass is 381 g/mol. The van der Waals surface area contributed by atoms with Gasteiger partial charge in [0.05, 0.1) is 35.2 Å². The van der Waals surface area contributed by atoms with Crippen molar-refractivity contribution < 1.29 is 9.18 Å². The van der Waals surface area contributed by atoms with Crippen molar-refractivity contribution in [2.24, 2.45) is 0 Å². The largest absolute Gasteiger partial charge is 0.343 e.